The Balaban J connectivity index is 2.68. The summed E-state index contributed by atoms with van der Waals surface area (Å²) in [5, 5.41) is 0. The fourth-order valence-corrected chi connectivity index (χ4v) is 2.05. The fraction of sp³-hybridized carbons (Fsp3) is 0.700. The van der Waals surface area contributed by atoms with E-state index in [0.717, 1.165) is 6.42 Å². The molecular weight excluding hydrogens is 136 g/mol. The van der Waals surface area contributed by atoms with Crippen molar-refractivity contribution in [3.63, 3.8) is 0 Å². The smallest absolute Gasteiger partial charge is 0.133 e. The summed E-state index contributed by atoms with van der Waals surface area (Å²) in [6.45, 7) is 9.74. The van der Waals surface area contributed by atoms with Gasteiger partial charge < -0.3 is 0 Å². The second kappa shape index (κ2) is 2.47. The lowest BCUT2D eigenvalue weighted by molar-refractivity contribution is -0.133. The first-order valence-electron chi connectivity index (χ1n) is 4.13. The van der Waals surface area contributed by atoms with Crippen LogP contribution in [0.3, 0.4) is 0 Å². The highest BCUT2D eigenvalue weighted by Crippen LogP contribution is 2.51. The highest BCUT2D eigenvalue weighted by Gasteiger charge is 2.48. The van der Waals surface area contributed by atoms with Gasteiger partial charge >= 0.3 is 0 Å². The number of hydrogen-bond acceptors (Lipinski definition) is 1. The van der Waals surface area contributed by atoms with Crippen molar-refractivity contribution in [2.75, 3.05) is 0 Å². The van der Waals surface area contributed by atoms with E-state index in [9.17, 15) is 4.79 Å². The Morgan fingerprint density at radius 3 is 2.45 bits per heavy atom. The van der Waals surface area contributed by atoms with Gasteiger partial charge in [-0.25, -0.2) is 0 Å². The summed E-state index contributed by atoms with van der Waals surface area (Å²) in [4.78, 5) is 11.1. The first kappa shape index (κ1) is 8.51. The molecule has 62 valence electrons. The monoisotopic (exact) mass is 152 g/mol. The molecule has 2 unspecified atom stereocenters. The number of allylic oxidation sites excluding steroid dienone is 1. The molecule has 1 saturated carbocycles. The van der Waals surface area contributed by atoms with E-state index in [1.807, 2.05) is 6.08 Å². The average molecular weight is 152 g/mol. The third kappa shape index (κ3) is 1.13. The average Bonchev–Trinajstić information content (AvgIpc) is 1.85. The number of carbonyl (C=O) groups excluding carboxylic acids is 1. The van der Waals surface area contributed by atoms with E-state index in [-0.39, 0.29) is 11.3 Å². The highest BCUT2D eigenvalue weighted by molar-refractivity contribution is 5.80. The van der Waals surface area contributed by atoms with Gasteiger partial charge in [0.05, 0.1) is 0 Å². The molecule has 0 aliphatic heterocycles. The Morgan fingerprint density at radius 2 is 2.18 bits per heavy atom. The lowest BCUT2D eigenvalue weighted by Crippen LogP contribution is -2.47. The first-order valence-corrected chi connectivity index (χ1v) is 4.13. The molecule has 11 heavy (non-hydrogen) atoms. The lowest BCUT2D eigenvalue weighted by atomic mass is 9.54. The Kier molecular flexibility index (Phi) is 1.91. The van der Waals surface area contributed by atoms with E-state index in [4.69, 9.17) is 0 Å². The largest absolute Gasteiger partial charge is 0.300 e. The van der Waals surface area contributed by atoms with Crippen molar-refractivity contribution < 1.29 is 4.79 Å². The molecule has 1 heteroatoms. The van der Waals surface area contributed by atoms with Crippen LogP contribution in [0.1, 0.15) is 27.2 Å². The van der Waals surface area contributed by atoms with Gasteiger partial charge in [0.15, 0.2) is 0 Å². The summed E-state index contributed by atoms with van der Waals surface area (Å²) >= 11 is 0. The van der Waals surface area contributed by atoms with Crippen LogP contribution in [0.15, 0.2) is 12.7 Å². The van der Waals surface area contributed by atoms with Crippen LogP contribution < -0.4 is 0 Å². The molecule has 1 nitrogen and oxygen atoms in total. The van der Waals surface area contributed by atoms with E-state index >= 15 is 0 Å². The molecule has 1 aliphatic rings. The molecule has 0 aromatic heterocycles. The zero-order valence-corrected chi connectivity index (χ0v) is 7.55. The van der Waals surface area contributed by atoms with Crippen molar-refractivity contribution in [2.45, 2.75) is 27.2 Å². The molecular formula is C10H16O. The van der Waals surface area contributed by atoms with E-state index in [0.29, 0.717) is 11.7 Å². The summed E-state index contributed by atoms with van der Waals surface area (Å²) in [5.74, 6) is 1.13. The number of ketones is 1. The zero-order valence-electron chi connectivity index (χ0n) is 7.55. The van der Waals surface area contributed by atoms with Gasteiger partial charge in [-0.15, -0.1) is 6.58 Å². The summed E-state index contributed by atoms with van der Waals surface area (Å²) < 4.78 is 0. The summed E-state index contributed by atoms with van der Waals surface area (Å²) in [6, 6.07) is 0. The van der Waals surface area contributed by atoms with Crippen LogP contribution in [0.2, 0.25) is 0 Å². The van der Waals surface area contributed by atoms with Crippen molar-refractivity contribution in [1.29, 1.82) is 0 Å². The third-order valence-electron chi connectivity index (χ3n) is 3.12. The van der Waals surface area contributed by atoms with Crippen LogP contribution in [-0.2, 0) is 4.79 Å². The summed E-state index contributed by atoms with van der Waals surface area (Å²) in [5.41, 5.74) is 0.160. The van der Waals surface area contributed by atoms with Gasteiger partial charge in [-0.05, 0) is 24.7 Å². The van der Waals surface area contributed by atoms with Gasteiger partial charge in [-0.1, -0.05) is 19.9 Å². The predicted octanol–water partition coefficient (Wildman–Crippen LogP) is 2.42. The van der Waals surface area contributed by atoms with E-state index in [1.54, 1.807) is 6.92 Å². The maximum absolute atomic E-state index is 11.1. The molecule has 0 spiro atoms. The van der Waals surface area contributed by atoms with Gasteiger partial charge in [0.2, 0.25) is 0 Å². The van der Waals surface area contributed by atoms with Crippen LogP contribution in [0.25, 0.3) is 0 Å². The van der Waals surface area contributed by atoms with Gasteiger partial charge in [0.1, 0.15) is 5.78 Å². The third-order valence-corrected chi connectivity index (χ3v) is 3.12. The molecule has 0 aromatic rings. The normalized spacial score (nSPS) is 34.1. The predicted molar refractivity (Wildman–Crippen MR) is 46.3 cm³/mol. The molecule has 0 heterocycles. The minimum atomic E-state index is 0.160. The standard InChI is InChI=1S/C10H16O/c1-5-8-6-9(7(2)11)10(8,3)4/h5,8-9H,1,6H2,2-4H3. The highest BCUT2D eigenvalue weighted by atomic mass is 16.1. The summed E-state index contributed by atoms with van der Waals surface area (Å²) in [7, 11) is 0. The Labute approximate surface area is 68.5 Å². The number of Topliss-reactive ketones (excluding diaryl/α,β-unsaturated/α-hetero) is 1. The second-order valence-corrected chi connectivity index (χ2v) is 4.06. The molecule has 0 bridgehead atoms. The molecule has 2 atom stereocenters. The molecule has 1 aliphatic carbocycles. The lowest BCUT2D eigenvalue weighted by Gasteiger charge is -2.49. The van der Waals surface area contributed by atoms with Crippen molar-refractivity contribution in [2.24, 2.45) is 17.3 Å². The number of carbonyl (C=O) groups is 1. The molecule has 0 amide bonds. The maximum Gasteiger partial charge on any atom is 0.133 e. The molecule has 0 N–H and O–H groups in total. The fourth-order valence-electron chi connectivity index (χ4n) is 2.05. The van der Waals surface area contributed by atoms with Gasteiger partial charge in [-0.2, -0.15) is 0 Å². The van der Waals surface area contributed by atoms with Gasteiger partial charge in [0, 0.05) is 5.92 Å². The molecule has 0 radical (unpaired) electrons. The van der Waals surface area contributed by atoms with Crippen molar-refractivity contribution in [1.82, 2.24) is 0 Å². The van der Waals surface area contributed by atoms with Crippen molar-refractivity contribution in [3.8, 4) is 0 Å². The van der Waals surface area contributed by atoms with Crippen LogP contribution >= 0.6 is 0 Å². The molecule has 1 rings (SSSR count). The minimum absolute atomic E-state index is 0.160. The molecule has 0 aromatic carbocycles. The van der Waals surface area contributed by atoms with Crippen molar-refractivity contribution >= 4 is 5.78 Å². The Morgan fingerprint density at radius 1 is 1.64 bits per heavy atom. The number of rotatable bonds is 2. The van der Waals surface area contributed by atoms with Crippen molar-refractivity contribution in [3.05, 3.63) is 12.7 Å². The Bertz CT molecular complexity index is 191. The minimum Gasteiger partial charge on any atom is -0.300 e. The SMILES string of the molecule is C=CC1CC(C(C)=O)C1(C)C. The molecule has 0 saturated heterocycles. The Hall–Kier alpha value is -0.590. The second-order valence-electron chi connectivity index (χ2n) is 4.06. The number of hydrogen-bond donors (Lipinski definition) is 0. The molecule has 1 fully saturated rings. The van der Waals surface area contributed by atoms with Crippen LogP contribution in [0.4, 0.5) is 0 Å². The van der Waals surface area contributed by atoms with Crippen LogP contribution in [-0.4, -0.2) is 5.78 Å². The summed E-state index contributed by atoms with van der Waals surface area (Å²) in [6.07, 6.45) is 2.98. The van der Waals surface area contributed by atoms with Gasteiger partial charge in [0.25, 0.3) is 0 Å². The quantitative estimate of drug-likeness (QED) is 0.555. The van der Waals surface area contributed by atoms with E-state index < -0.39 is 0 Å². The zero-order chi connectivity index (χ0) is 8.65. The first-order chi connectivity index (χ1) is 5.00. The van der Waals surface area contributed by atoms with Gasteiger partial charge in [-0.3, -0.25) is 4.79 Å². The topological polar surface area (TPSA) is 17.1 Å². The van der Waals surface area contributed by atoms with Crippen LogP contribution in [0, 0.1) is 17.3 Å². The van der Waals surface area contributed by atoms with Crippen LogP contribution in [0.5, 0.6) is 0 Å². The maximum atomic E-state index is 11.1. The van der Waals surface area contributed by atoms with E-state index in [2.05, 4.69) is 20.4 Å². The van der Waals surface area contributed by atoms with E-state index in [1.165, 1.54) is 0 Å².